The third kappa shape index (κ3) is 2.42. The van der Waals surface area contributed by atoms with Gasteiger partial charge in [0.1, 0.15) is 11.4 Å². The van der Waals surface area contributed by atoms with Crippen LogP contribution in [0.3, 0.4) is 0 Å². The van der Waals surface area contributed by atoms with Crippen LogP contribution in [0.25, 0.3) is 16.9 Å². The van der Waals surface area contributed by atoms with E-state index in [4.69, 9.17) is 4.74 Å². The summed E-state index contributed by atoms with van der Waals surface area (Å²) in [5, 5.41) is 4.38. The van der Waals surface area contributed by atoms with E-state index in [1.165, 1.54) is 7.11 Å². The Balaban J connectivity index is 2.29. The molecule has 0 N–H and O–H groups in total. The second-order valence-electron chi connectivity index (χ2n) is 4.53. The average molecular weight is 346 g/mol. The lowest BCUT2D eigenvalue weighted by molar-refractivity contribution is 0.0602. The molecule has 0 saturated heterocycles. The fourth-order valence-corrected chi connectivity index (χ4v) is 2.60. The van der Waals surface area contributed by atoms with Crippen molar-refractivity contribution in [2.24, 2.45) is 0 Å². The number of halogens is 1. The molecule has 0 spiro atoms. The third-order valence-corrected chi connectivity index (χ3v) is 3.61. The van der Waals surface area contributed by atoms with Gasteiger partial charge in [-0.3, -0.25) is 0 Å². The molecule has 0 bridgehead atoms. The summed E-state index contributed by atoms with van der Waals surface area (Å²) in [5.41, 5.74) is 2.74. The maximum Gasteiger partial charge on any atom is 0.341 e. The molecule has 0 saturated carbocycles. The summed E-state index contributed by atoms with van der Waals surface area (Å²) in [6.45, 7) is 1.79. The van der Waals surface area contributed by atoms with Gasteiger partial charge < -0.3 is 4.74 Å². The van der Waals surface area contributed by atoms with Crippen molar-refractivity contribution < 1.29 is 9.53 Å². The summed E-state index contributed by atoms with van der Waals surface area (Å²) in [4.78, 5) is 16.2. The lowest BCUT2D eigenvalue weighted by Gasteiger charge is -2.07. The zero-order chi connectivity index (χ0) is 15.0. The van der Waals surface area contributed by atoms with Crippen molar-refractivity contribution in [1.82, 2.24) is 14.6 Å². The van der Waals surface area contributed by atoms with Gasteiger partial charge in [0.15, 0.2) is 5.65 Å². The molecule has 1 aromatic carbocycles. The monoisotopic (exact) mass is 345 g/mol. The predicted octanol–water partition coefficient (Wildman–Crippen LogP) is 3.25. The van der Waals surface area contributed by atoms with Crippen molar-refractivity contribution in [3.05, 3.63) is 52.3 Å². The molecule has 3 rings (SSSR count). The number of hydrogen-bond acceptors (Lipinski definition) is 4. The second kappa shape index (κ2) is 5.29. The second-order valence-corrected chi connectivity index (χ2v) is 5.44. The van der Waals surface area contributed by atoms with Crippen LogP contribution in [0.1, 0.15) is 16.2 Å². The number of nitrogens with zero attached hydrogens (tertiary/aromatic N) is 3. The Hall–Kier alpha value is -2.21. The van der Waals surface area contributed by atoms with Gasteiger partial charge in [0.2, 0.25) is 0 Å². The SMILES string of the molecule is COC(=O)c1ccc(-c2cccc(Br)c2)n2nc(C)nc12. The molecule has 3 aromatic rings. The van der Waals surface area contributed by atoms with Crippen molar-refractivity contribution in [2.75, 3.05) is 7.11 Å². The maximum absolute atomic E-state index is 11.8. The minimum atomic E-state index is -0.423. The van der Waals surface area contributed by atoms with Crippen LogP contribution in [0, 0.1) is 6.92 Å². The fraction of sp³-hybridized carbons (Fsp3) is 0.133. The number of fused-ring (bicyclic) bond motifs is 1. The number of ether oxygens (including phenoxy) is 1. The van der Waals surface area contributed by atoms with E-state index in [9.17, 15) is 4.79 Å². The number of pyridine rings is 1. The molecule has 0 unspecified atom stereocenters. The first-order valence-electron chi connectivity index (χ1n) is 6.31. The summed E-state index contributed by atoms with van der Waals surface area (Å²) in [5.74, 6) is 0.177. The van der Waals surface area contributed by atoms with Crippen molar-refractivity contribution in [3.63, 3.8) is 0 Å². The van der Waals surface area contributed by atoms with Crippen LogP contribution in [-0.4, -0.2) is 27.7 Å². The first-order valence-corrected chi connectivity index (χ1v) is 7.10. The van der Waals surface area contributed by atoms with Crippen LogP contribution < -0.4 is 0 Å². The molecule has 0 atom stereocenters. The highest BCUT2D eigenvalue weighted by atomic mass is 79.9. The van der Waals surface area contributed by atoms with Crippen LogP contribution in [0.15, 0.2) is 40.9 Å². The van der Waals surface area contributed by atoms with E-state index < -0.39 is 5.97 Å². The minimum absolute atomic E-state index is 0.400. The number of aromatic nitrogens is 3. The van der Waals surface area contributed by atoms with Gasteiger partial charge in [-0.15, -0.1) is 0 Å². The summed E-state index contributed by atoms with van der Waals surface area (Å²) in [6.07, 6.45) is 0. The van der Waals surface area contributed by atoms with E-state index in [0.717, 1.165) is 15.7 Å². The van der Waals surface area contributed by atoms with Crippen LogP contribution in [0.5, 0.6) is 0 Å². The molecule has 6 heteroatoms. The van der Waals surface area contributed by atoms with Gasteiger partial charge in [-0.1, -0.05) is 28.1 Å². The Morgan fingerprint density at radius 1 is 1.29 bits per heavy atom. The normalized spacial score (nSPS) is 10.8. The molecule has 2 aromatic heterocycles. The Kier molecular flexibility index (Phi) is 3.47. The van der Waals surface area contributed by atoms with Crippen molar-refractivity contribution in [2.45, 2.75) is 6.92 Å². The molecule has 0 aliphatic heterocycles. The van der Waals surface area contributed by atoms with Crippen LogP contribution >= 0.6 is 15.9 Å². The number of benzene rings is 1. The Morgan fingerprint density at radius 3 is 2.81 bits per heavy atom. The van der Waals surface area contributed by atoms with Crippen LogP contribution in [0.4, 0.5) is 0 Å². The van der Waals surface area contributed by atoms with Gasteiger partial charge in [-0.2, -0.15) is 5.10 Å². The van der Waals surface area contributed by atoms with Gasteiger partial charge in [-0.25, -0.2) is 14.3 Å². The van der Waals surface area contributed by atoms with Gasteiger partial charge in [0.25, 0.3) is 0 Å². The smallest absolute Gasteiger partial charge is 0.341 e. The summed E-state index contributed by atoms with van der Waals surface area (Å²) in [6, 6.07) is 11.4. The quantitative estimate of drug-likeness (QED) is 0.669. The lowest BCUT2D eigenvalue weighted by Crippen LogP contribution is -2.06. The summed E-state index contributed by atoms with van der Waals surface area (Å²) < 4.78 is 7.43. The number of methoxy groups -OCH3 is 1. The van der Waals surface area contributed by atoms with E-state index in [1.54, 1.807) is 17.5 Å². The average Bonchev–Trinajstić information content (AvgIpc) is 2.86. The molecule has 0 amide bonds. The largest absolute Gasteiger partial charge is 0.465 e. The zero-order valence-electron chi connectivity index (χ0n) is 11.5. The lowest BCUT2D eigenvalue weighted by atomic mass is 10.1. The Morgan fingerprint density at radius 2 is 2.10 bits per heavy atom. The van der Waals surface area contributed by atoms with E-state index in [-0.39, 0.29) is 0 Å². The first kappa shape index (κ1) is 13.8. The Bertz CT molecular complexity index is 842. The Labute approximate surface area is 129 Å². The molecule has 0 radical (unpaired) electrons. The zero-order valence-corrected chi connectivity index (χ0v) is 13.1. The highest BCUT2D eigenvalue weighted by Gasteiger charge is 2.17. The topological polar surface area (TPSA) is 56.5 Å². The number of esters is 1. The molecule has 21 heavy (non-hydrogen) atoms. The highest BCUT2D eigenvalue weighted by Crippen LogP contribution is 2.25. The van der Waals surface area contributed by atoms with Crippen LogP contribution in [0.2, 0.25) is 0 Å². The molecule has 0 fully saturated rings. The van der Waals surface area contributed by atoms with E-state index >= 15 is 0 Å². The molecular formula is C15H12BrN3O2. The molecule has 0 aliphatic carbocycles. The predicted molar refractivity (Wildman–Crippen MR) is 82.2 cm³/mol. The molecule has 5 nitrogen and oxygen atoms in total. The number of carbonyl (C=O) groups is 1. The van der Waals surface area contributed by atoms with E-state index in [0.29, 0.717) is 17.0 Å². The van der Waals surface area contributed by atoms with Crippen molar-refractivity contribution in [3.8, 4) is 11.3 Å². The summed E-state index contributed by atoms with van der Waals surface area (Å²) >= 11 is 3.46. The van der Waals surface area contributed by atoms with Gasteiger partial charge in [0.05, 0.1) is 12.8 Å². The van der Waals surface area contributed by atoms with Gasteiger partial charge in [0, 0.05) is 10.0 Å². The van der Waals surface area contributed by atoms with Crippen LogP contribution in [-0.2, 0) is 4.74 Å². The molecule has 106 valence electrons. The number of rotatable bonds is 2. The van der Waals surface area contributed by atoms with Crippen molar-refractivity contribution in [1.29, 1.82) is 0 Å². The highest BCUT2D eigenvalue weighted by molar-refractivity contribution is 9.10. The van der Waals surface area contributed by atoms with Gasteiger partial charge >= 0.3 is 5.97 Å². The van der Waals surface area contributed by atoms with Gasteiger partial charge in [-0.05, 0) is 31.2 Å². The fourth-order valence-electron chi connectivity index (χ4n) is 2.20. The van der Waals surface area contributed by atoms with E-state index in [2.05, 4.69) is 26.0 Å². The molecule has 2 heterocycles. The summed E-state index contributed by atoms with van der Waals surface area (Å²) in [7, 11) is 1.35. The third-order valence-electron chi connectivity index (χ3n) is 3.12. The standard InChI is InChI=1S/C15H12BrN3O2/c1-9-17-14-12(15(20)21-2)6-7-13(19(14)18-9)10-4-3-5-11(16)8-10/h3-8H,1-2H3. The molecule has 0 aliphatic rings. The number of aryl methyl sites for hydroxylation is 1. The molecular weight excluding hydrogens is 334 g/mol. The number of carbonyl (C=O) groups excluding carboxylic acids is 1. The van der Waals surface area contributed by atoms with E-state index in [1.807, 2.05) is 30.3 Å². The maximum atomic E-state index is 11.8. The van der Waals surface area contributed by atoms with Crippen molar-refractivity contribution >= 4 is 27.5 Å². The minimum Gasteiger partial charge on any atom is -0.465 e. The number of hydrogen-bond donors (Lipinski definition) is 0. The first-order chi connectivity index (χ1) is 10.1.